The largest absolute Gasteiger partial charge is 0.326 e. The summed E-state index contributed by atoms with van der Waals surface area (Å²) in [6, 6.07) is 8.03. The summed E-state index contributed by atoms with van der Waals surface area (Å²) in [5.74, 6) is 0.646. The van der Waals surface area contributed by atoms with Crippen molar-refractivity contribution in [2.24, 2.45) is 5.92 Å². The van der Waals surface area contributed by atoms with Crippen LogP contribution in [-0.2, 0) is 11.3 Å². The molecule has 0 aliphatic heterocycles. The molecule has 0 aromatic heterocycles. The predicted molar refractivity (Wildman–Crippen MR) is 97.6 cm³/mol. The summed E-state index contributed by atoms with van der Waals surface area (Å²) in [7, 11) is 0. The summed E-state index contributed by atoms with van der Waals surface area (Å²) in [5.41, 5.74) is 2.09. The second-order valence-electron chi connectivity index (χ2n) is 5.61. The maximum atomic E-state index is 12.2. The molecule has 0 radical (unpaired) electrons. The van der Waals surface area contributed by atoms with E-state index in [0.29, 0.717) is 12.3 Å². The number of amides is 1. The summed E-state index contributed by atoms with van der Waals surface area (Å²) >= 11 is 0. The third-order valence-corrected chi connectivity index (χ3v) is 3.87. The number of carbonyl (C=O) groups excluding carboxylic acids is 1. The highest BCUT2D eigenvalue weighted by molar-refractivity contribution is 5.91. The SMILES string of the molecule is CCCCC(CC)CC(=O)Nc1ccccc1CNCC.Cl. The molecule has 1 atom stereocenters. The van der Waals surface area contributed by atoms with Crippen LogP contribution in [0.25, 0.3) is 0 Å². The normalized spacial score (nSPS) is 11.6. The van der Waals surface area contributed by atoms with Crippen LogP contribution < -0.4 is 10.6 Å². The van der Waals surface area contributed by atoms with Gasteiger partial charge in [0.05, 0.1) is 0 Å². The van der Waals surface area contributed by atoms with Crippen molar-refractivity contribution in [1.29, 1.82) is 0 Å². The van der Waals surface area contributed by atoms with Crippen LogP contribution in [0.2, 0.25) is 0 Å². The van der Waals surface area contributed by atoms with Crippen LogP contribution in [0.1, 0.15) is 58.4 Å². The molecule has 4 heteroatoms. The molecule has 1 amide bonds. The number of halogens is 1. The van der Waals surface area contributed by atoms with E-state index >= 15 is 0 Å². The average molecular weight is 327 g/mol. The zero-order valence-electron chi connectivity index (χ0n) is 14.2. The maximum Gasteiger partial charge on any atom is 0.224 e. The fraction of sp³-hybridized carbons (Fsp3) is 0.611. The minimum atomic E-state index is 0. The Morgan fingerprint density at radius 1 is 1.18 bits per heavy atom. The van der Waals surface area contributed by atoms with Gasteiger partial charge in [-0.05, 0) is 30.5 Å². The van der Waals surface area contributed by atoms with E-state index in [-0.39, 0.29) is 18.3 Å². The monoisotopic (exact) mass is 326 g/mol. The quantitative estimate of drug-likeness (QED) is 0.650. The van der Waals surface area contributed by atoms with E-state index < -0.39 is 0 Å². The van der Waals surface area contributed by atoms with Gasteiger partial charge in [-0.3, -0.25) is 4.79 Å². The van der Waals surface area contributed by atoms with Crippen LogP contribution in [0, 0.1) is 5.92 Å². The van der Waals surface area contributed by atoms with Crippen LogP contribution in [0.15, 0.2) is 24.3 Å². The lowest BCUT2D eigenvalue weighted by Gasteiger charge is -2.16. The number of nitrogens with one attached hydrogen (secondary N) is 2. The van der Waals surface area contributed by atoms with E-state index in [2.05, 4.69) is 37.5 Å². The molecular formula is C18H31ClN2O. The van der Waals surface area contributed by atoms with Crippen LogP contribution in [0.4, 0.5) is 5.69 Å². The van der Waals surface area contributed by atoms with Gasteiger partial charge in [0, 0.05) is 18.7 Å². The molecule has 1 unspecified atom stereocenters. The molecule has 1 aromatic carbocycles. The zero-order valence-corrected chi connectivity index (χ0v) is 15.0. The maximum absolute atomic E-state index is 12.2. The number of para-hydroxylation sites is 1. The van der Waals surface area contributed by atoms with Crippen molar-refractivity contribution in [3.63, 3.8) is 0 Å². The first-order valence-corrected chi connectivity index (χ1v) is 8.29. The van der Waals surface area contributed by atoms with Crippen molar-refractivity contribution in [3.8, 4) is 0 Å². The van der Waals surface area contributed by atoms with Gasteiger partial charge in [0.25, 0.3) is 0 Å². The predicted octanol–water partition coefficient (Wildman–Crippen LogP) is 4.76. The highest BCUT2D eigenvalue weighted by Crippen LogP contribution is 2.19. The molecule has 3 nitrogen and oxygen atoms in total. The molecule has 22 heavy (non-hydrogen) atoms. The fourth-order valence-electron chi connectivity index (χ4n) is 2.46. The number of hydrogen-bond donors (Lipinski definition) is 2. The molecule has 2 N–H and O–H groups in total. The minimum Gasteiger partial charge on any atom is -0.326 e. The Balaban J connectivity index is 0.00000441. The molecule has 126 valence electrons. The Morgan fingerprint density at radius 2 is 1.91 bits per heavy atom. The minimum absolute atomic E-state index is 0. The molecule has 1 rings (SSSR count). The summed E-state index contributed by atoms with van der Waals surface area (Å²) < 4.78 is 0. The van der Waals surface area contributed by atoms with Crippen LogP contribution >= 0.6 is 12.4 Å². The number of anilines is 1. The number of rotatable bonds is 10. The van der Waals surface area contributed by atoms with Gasteiger partial charge < -0.3 is 10.6 Å². The van der Waals surface area contributed by atoms with E-state index in [1.54, 1.807) is 0 Å². The van der Waals surface area contributed by atoms with Gasteiger partial charge in [-0.1, -0.05) is 58.2 Å². The average Bonchev–Trinajstić information content (AvgIpc) is 2.50. The summed E-state index contributed by atoms with van der Waals surface area (Å²) in [6.45, 7) is 8.18. The summed E-state index contributed by atoms with van der Waals surface area (Å²) in [5, 5.41) is 6.39. The summed E-state index contributed by atoms with van der Waals surface area (Å²) in [4.78, 5) is 12.2. The van der Waals surface area contributed by atoms with Crippen molar-refractivity contribution in [2.75, 3.05) is 11.9 Å². The van der Waals surface area contributed by atoms with Crippen LogP contribution in [-0.4, -0.2) is 12.5 Å². The Labute approximate surface area is 141 Å². The van der Waals surface area contributed by atoms with Crippen molar-refractivity contribution >= 4 is 24.0 Å². The number of carbonyl (C=O) groups is 1. The van der Waals surface area contributed by atoms with Crippen LogP contribution in [0.5, 0.6) is 0 Å². The van der Waals surface area contributed by atoms with Crippen LogP contribution in [0.3, 0.4) is 0 Å². The van der Waals surface area contributed by atoms with Gasteiger partial charge in [-0.25, -0.2) is 0 Å². The topological polar surface area (TPSA) is 41.1 Å². The van der Waals surface area contributed by atoms with E-state index in [1.807, 2.05) is 18.2 Å². The van der Waals surface area contributed by atoms with E-state index in [1.165, 1.54) is 12.8 Å². The summed E-state index contributed by atoms with van der Waals surface area (Å²) in [6.07, 6.45) is 5.27. The van der Waals surface area contributed by atoms with Gasteiger partial charge >= 0.3 is 0 Å². The third-order valence-electron chi connectivity index (χ3n) is 3.87. The lowest BCUT2D eigenvalue weighted by atomic mass is 9.95. The van der Waals surface area contributed by atoms with Crippen molar-refractivity contribution in [1.82, 2.24) is 5.32 Å². The van der Waals surface area contributed by atoms with Crippen molar-refractivity contribution < 1.29 is 4.79 Å². The third kappa shape index (κ3) is 7.81. The van der Waals surface area contributed by atoms with Gasteiger partial charge in [-0.2, -0.15) is 0 Å². The molecule has 0 bridgehead atoms. The number of unbranched alkanes of at least 4 members (excludes halogenated alkanes) is 1. The van der Waals surface area contributed by atoms with Gasteiger partial charge in [0.1, 0.15) is 0 Å². The van der Waals surface area contributed by atoms with Crippen molar-refractivity contribution in [3.05, 3.63) is 29.8 Å². The first-order valence-electron chi connectivity index (χ1n) is 8.29. The Bertz CT molecular complexity index is 423. The van der Waals surface area contributed by atoms with Crippen molar-refractivity contribution in [2.45, 2.75) is 59.4 Å². The first-order chi connectivity index (χ1) is 10.2. The first kappa shape index (κ1) is 20.9. The van der Waals surface area contributed by atoms with Gasteiger partial charge in [0.15, 0.2) is 0 Å². The lowest BCUT2D eigenvalue weighted by Crippen LogP contribution is -2.19. The van der Waals surface area contributed by atoms with Gasteiger partial charge in [0.2, 0.25) is 5.91 Å². The highest BCUT2D eigenvalue weighted by Gasteiger charge is 2.13. The molecule has 0 aliphatic rings. The second-order valence-corrected chi connectivity index (χ2v) is 5.61. The molecule has 0 fully saturated rings. The Morgan fingerprint density at radius 3 is 2.55 bits per heavy atom. The lowest BCUT2D eigenvalue weighted by molar-refractivity contribution is -0.117. The Kier molecular flexibility index (Phi) is 11.9. The fourth-order valence-corrected chi connectivity index (χ4v) is 2.46. The zero-order chi connectivity index (χ0) is 15.5. The molecule has 0 spiro atoms. The molecular weight excluding hydrogens is 296 g/mol. The highest BCUT2D eigenvalue weighted by atomic mass is 35.5. The smallest absolute Gasteiger partial charge is 0.224 e. The molecule has 0 saturated heterocycles. The Hall–Kier alpha value is -1.06. The second kappa shape index (κ2) is 12.5. The van der Waals surface area contributed by atoms with Gasteiger partial charge in [-0.15, -0.1) is 12.4 Å². The molecule has 0 heterocycles. The standard InChI is InChI=1S/C18H30N2O.ClH/c1-4-7-10-15(5-2)13-18(21)20-17-12-9-8-11-16(17)14-19-6-3;/h8-9,11-12,15,19H,4-7,10,13-14H2,1-3H3,(H,20,21);1H. The van der Waals surface area contributed by atoms with E-state index in [4.69, 9.17) is 0 Å². The van der Waals surface area contributed by atoms with E-state index in [0.717, 1.165) is 37.2 Å². The van der Waals surface area contributed by atoms with E-state index in [9.17, 15) is 4.79 Å². The number of benzene rings is 1. The molecule has 1 aromatic rings. The molecule has 0 aliphatic carbocycles. The molecule has 0 saturated carbocycles. The number of hydrogen-bond acceptors (Lipinski definition) is 2.